The zero-order valence-electron chi connectivity index (χ0n) is 10.1. The van der Waals surface area contributed by atoms with Crippen LogP contribution in [0.2, 0.25) is 0 Å². The molecule has 0 aliphatic rings. The zero-order chi connectivity index (χ0) is 12.3. The van der Waals surface area contributed by atoms with E-state index in [1.165, 1.54) is 6.92 Å². The van der Waals surface area contributed by atoms with Crippen molar-refractivity contribution in [2.75, 3.05) is 13.2 Å². The minimum absolute atomic E-state index is 0.0833. The van der Waals surface area contributed by atoms with Gasteiger partial charge in [-0.15, -0.1) is 0 Å². The molecule has 0 amide bonds. The summed E-state index contributed by atoms with van der Waals surface area (Å²) >= 11 is 0. The molecule has 0 bridgehead atoms. The summed E-state index contributed by atoms with van der Waals surface area (Å²) in [7, 11) is 0. The van der Waals surface area contributed by atoms with Crippen molar-refractivity contribution in [1.29, 1.82) is 0 Å². The molecular formula is C11H26O4. The van der Waals surface area contributed by atoms with Gasteiger partial charge in [-0.1, -0.05) is 20.3 Å². The van der Waals surface area contributed by atoms with Gasteiger partial charge in [0.05, 0.1) is 18.8 Å². The van der Waals surface area contributed by atoms with Crippen LogP contribution < -0.4 is 0 Å². The molecule has 0 aliphatic carbocycles. The molecule has 0 aromatic carbocycles. The zero-order valence-corrected chi connectivity index (χ0v) is 10.1. The van der Waals surface area contributed by atoms with Gasteiger partial charge in [-0.05, 0) is 19.8 Å². The van der Waals surface area contributed by atoms with Gasteiger partial charge in [-0.2, -0.15) is 0 Å². The third-order valence-corrected chi connectivity index (χ3v) is 2.15. The fraction of sp³-hybridized carbons (Fsp3) is 1.00. The van der Waals surface area contributed by atoms with Gasteiger partial charge in [0.25, 0.3) is 0 Å². The summed E-state index contributed by atoms with van der Waals surface area (Å²) in [6, 6.07) is 0. The second-order valence-electron chi connectivity index (χ2n) is 3.74. The highest BCUT2D eigenvalue weighted by atomic mass is 16.3. The van der Waals surface area contributed by atoms with Crippen molar-refractivity contribution in [3.8, 4) is 0 Å². The summed E-state index contributed by atoms with van der Waals surface area (Å²) in [6.45, 7) is 5.52. The molecule has 4 N–H and O–H groups in total. The molecule has 0 aliphatic heterocycles. The third kappa shape index (κ3) is 11.8. The molecule has 15 heavy (non-hydrogen) atoms. The first-order chi connectivity index (χ1) is 7.03. The van der Waals surface area contributed by atoms with Crippen molar-refractivity contribution in [3.63, 3.8) is 0 Å². The van der Waals surface area contributed by atoms with Gasteiger partial charge in [-0.3, -0.25) is 0 Å². The molecule has 94 valence electrons. The van der Waals surface area contributed by atoms with Crippen molar-refractivity contribution < 1.29 is 20.4 Å². The Kier molecular flexibility index (Phi) is 13.7. The molecule has 0 aromatic heterocycles. The summed E-state index contributed by atoms with van der Waals surface area (Å²) in [6.07, 6.45) is 1.78. The quantitative estimate of drug-likeness (QED) is 0.528. The fourth-order valence-corrected chi connectivity index (χ4v) is 1.05. The van der Waals surface area contributed by atoms with E-state index in [0.29, 0.717) is 0 Å². The summed E-state index contributed by atoms with van der Waals surface area (Å²) in [5, 5.41) is 34.1. The van der Waals surface area contributed by atoms with Crippen molar-refractivity contribution >= 4 is 0 Å². The van der Waals surface area contributed by atoms with E-state index in [9.17, 15) is 5.11 Å². The Balaban J connectivity index is 0. The molecule has 3 unspecified atom stereocenters. The molecule has 0 spiro atoms. The van der Waals surface area contributed by atoms with Gasteiger partial charge >= 0.3 is 0 Å². The van der Waals surface area contributed by atoms with Crippen LogP contribution in [0, 0.1) is 5.92 Å². The second kappa shape index (κ2) is 11.9. The van der Waals surface area contributed by atoms with Gasteiger partial charge in [-0.25, -0.2) is 0 Å². The maximum absolute atomic E-state index is 9.35. The van der Waals surface area contributed by atoms with Crippen molar-refractivity contribution in [2.24, 2.45) is 5.92 Å². The van der Waals surface area contributed by atoms with Crippen LogP contribution in [0.25, 0.3) is 0 Å². The van der Waals surface area contributed by atoms with Crippen molar-refractivity contribution in [3.05, 3.63) is 0 Å². The molecule has 0 saturated heterocycles. The Morgan fingerprint density at radius 1 is 1.00 bits per heavy atom. The summed E-state index contributed by atoms with van der Waals surface area (Å²) < 4.78 is 0. The lowest BCUT2D eigenvalue weighted by Gasteiger charge is -2.17. The second-order valence-corrected chi connectivity index (χ2v) is 3.74. The number of aliphatic hydroxyl groups is 4. The van der Waals surface area contributed by atoms with E-state index in [4.69, 9.17) is 15.3 Å². The fourth-order valence-electron chi connectivity index (χ4n) is 1.05. The number of hydrogen-bond acceptors (Lipinski definition) is 4. The van der Waals surface area contributed by atoms with E-state index < -0.39 is 6.10 Å². The number of aliphatic hydroxyl groups excluding tert-OH is 4. The van der Waals surface area contributed by atoms with Crippen LogP contribution in [0.4, 0.5) is 0 Å². The van der Waals surface area contributed by atoms with Gasteiger partial charge in [0.15, 0.2) is 0 Å². The minimum atomic E-state index is -0.560. The molecule has 3 atom stereocenters. The van der Waals surface area contributed by atoms with Crippen LogP contribution in [0.15, 0.2) is 0 Å². The summed E-state index contributed by atoms with van der Waals surface area (Å²) in [4.78, 5) is 0. The molecule has 0 fully saturated rings. The Hall–Kier alpha value is -0.160. The molecule has 0 aromatic rings. The van der Waals surface area contributed by atoms with Crippen LogP contribution in [0.1, 0.15) is 40.0 Å². The lowest BCUT2D eigenvalue weighted by Crippen LogP contribution is -2.22. The average Bonchev–Trinajstić information content (AvgIpc) is 2.21. The van der Waals surface area contributed by atoms with Gasteiger partial charge in [0, 0.05) is 12.5 Å². The molecule has 4 nitrogen and oxygen atoms in total. The van der Waals surface area contributed by atoms with Crippen LogP contribution in [0.5, 0.6) is 0 Å². The normalized spacial score (nSPS) is 16.2. The van der Waals surface area contributed by atoms with E-state index in [1.54, 1.807) is 0 Å². The minimum Gasteiger partial charge on any atom is -0.396 e. The maximum atomic E-state index is 9.35. The number of hydrogen-bond donors (Lipinski definition) is 4. The highest BCUT2D eigenvalue weighted by Crippen LogP contribution is 2.11. The van der Waals surface area contributed by atoms with Crippen LogP contribution in [-0.4, -0.2) is 45.8 Å². The maximum Gasteiger partial charge on any atom is 0.0742 e. The van der Waals surface area contributed by atoms with E-state index in [-0.39, 0.29) is 25.2 Å². The summed E-state index contributed by atoms with van der Waals surface area (Å²) in [5.41, 5.74) is 0. The average molecular weight is 222 g/mol. The molecule has 0 radical (unpaired) electrons. The Morgan fingerprint density at radius 2 is 1.47 bits per heavy atom. The van der Waals surface area contributed by atoms with Crippen LogP contribution in [-0.2, 0) is 0 Å². The highest BCUT2D eigenvalue weighted by molar-refractivity contribution is 4.65. The molecular weight excluding hydrogens is 196 g/mol. The van der Waals surface area contributed by atoms with Crippen LogP contribution in [0.3, 0.4) is 0 Å². The van der Waals surface area contributed by atoms with Crippen LogP contribution >= 0.6 is 0 Å². The lowest BCUT2D eigenvalue weighted by molar-refractivity contribution is 0.0584. The first kappa shape index (κ1) is 17.2. The van der Waals surface area contributed by atoms with E-state index >= 15 is 0 Å². The molecule has 4 heteroatoms. The lowest BCUT2D eigenvalue weighted by atomic mass is 9.97. The van der Waals surface area contributed by atoms with Crippen molar-refractivity contribution in [1.82, 2.24) is 0 Å². The first-order valence-corrected chi connectivity index (χ1v) is 5.61. The van der Waals surface area contributed by atoms with E-state index in [2.05, 4.69) is 0 Å². The topological polar surface area (TPSA) is 80.9 Å². The molecule has 0 rings (SSSR count). The molecule has 0 saturated carbocycles. The predicted octanol–water partition coefficient (Wildman–Crippen LogP) is 0.525. The predicted molar refractivity (Wildman–Crippen MR) is 60.5 cm³/mol. The Morgan fingerprint density at radius 3 is 1.67 bits per heavy atom. The third-order valence-electron chi connectivity index (χ3n) is 2.15. The number of rotatable bonds is 6. The smallest absolute Gasteiger partial charge is 0.0742 e. The Labute approximate surface area is 92.6 Å². The van der Waals surface area contributed by atoms with Crippen molar-refractivity contribution in [2.45, 2.75) is 52.2 Å². The van der Waals surface area contributed by atoms with Gasteiger partial charge < -0.3 is 20.4 Å². The standard InChI is InChI=1S/C8H18O2.C3H8O2/c1-3-5-8(10)7(4-2)6-9;1-3(5)2-4/h7-10H,3-6H2,1-2H3;3-5H,2H2,1H3. The Bertz CT molecular complexity index is 113. The monoisotopic (exact) mass is 222 g/mol. The van der Waals surface area contributed by atoms with Gasteiger partial charge in [0.1, 0.15) is 0 Å². The van der Waals surface area contributed by atoms with Gasteiger partial charge in [0.2, 0.25) is 0 Å². The largest absolute Gasteiger partial charge is 0.396 e. The first-order valence-electron chi connectivity index (χ1n) is 5.61. The highest BCUT2D eigenvalue weighted by Gasteiger charge is 2.14. The van der Waals surface area contributed by atoms with E-state index in [0.717, 1.165) is 19.3 Å². The SMILES string of the molecule is CC(O)CO.CCCC(O)C(CC)CO. The van der Waals surface area contributed by atoms with E-state index in [1.807, 2.05) is 13.8 Å². The molecule has 0 heterocycles. The summed E-state index contributed by atoms with van der Waals surface area (Å²) in [5.74, 6) is 0.0833.